The van der Waals surface area contributed by atoms with Crippen molar-refractivity contribution in [3.05, 3.63) is 52.9 Å². The summed E-state index contributed by atoms with van der Waals surface area (Å²) in [6, 6.07) is 8.33. The Kier molecular flexibility index (Phi) is 2.69. The molecule has 1 aromatic heterocycles. The number of hydrogen-bond donors (Lipinski definition) is 0. The highest BCUT2D eigenvalue weighted by Crippen LogP contribution is 2.23. The molecule has 0 aliphatic rings. The van der Waals surface area contributed by atoms with E-state index in [0.29, 0.717) is 16.3 Å². The molecule has 0 N–H and O–H groups in total. The maximum atomic E-state index is 13.4. The van der Waals surface area contributed by atoms with E-state index in [-0.39, 0.29) is 5.82 Å². The normalized spacial score (nSPS) is 10.3. The van der Waals surface area contributed by atoms with Gasteiger partial charge in [0.05, 0.1) is 10.7 Å². The second-order valence-electron chi connectivity index (χ2n) is 3.30. The summed E-state index contributed by atoms with van der Waals surface area (Å²) in [7, 11) is 0. The van der Waals surface area contributed by atoms with E-state index >= 15 is 0 Å². The van der Waals surface area contributed by atoms with Gasteiger partial charge < -0.3 is 0 Å². The van der Waals surface area contributed by atoms with Crippen LogP contribution >= 0.6 is 11.6 Å². The van der Waals surface area contributed by atoms with Crippen LogP contribution in [0.2, 0.25) is 5.02 Å². The van der Waals surface area contributed by atoms with Crippen LogP contribution in [0.25, 0.3) is 11.3 Å². The van der Waals surface area contributed by atoms with Crippen LogP contribution in [-0.2, 0) is 0 Å². The zero-order chi connectivity index (χ0) is 10.8. The van der Waals surface area contributed by atoms with Crippen LogP contribution in [0, 0.1) is 12.7 Å². The molecule has 0 bridgehead atoms. The molecule has 0 saturated carbocycles. The van der Waals surface area contributed by atoms with Crippen LogP contribution < -0.4 is 0 Å². The van der Waals surface area contributed by atoms with E-state index in [1.807, 2.05) is 6.92 Å². The average molecular weight is 222 g/mol. The SMILES string of the molecule is Cc1cc(-c2ccccc2F)ncc1Cl. The molecule has 2 rings (SSSR count). The largest absolute Gasteiger partial charge is 0.255 e. The summed E-state index contributed by atoms with van der Waals surface area (Å²) in [6.45, 7) is 1.87. The minimum Gasteiger partial charge on any atom is -0.255 e. The van der Waals surface area contributed by atoms with Gasteiger partial charge in [-0.05, 0) is 30.7 Å². The summed E-state index contributed by atoms with van der Waals surface area (Å²) >= 11 is 5.85. The molecule has 0 atom stereocenters. The first-order valence-electron chi connectivity index (χ1n) is 4.55. The maximum absolute atomic E-state index is 13.4. The molecule has 0 unspecified atom stereocenters. The molecule has 0 fully saturated rings. The zero-order valence-electron chi connectivity index (χ0n) is 8.17. The van der Waals surface area contributed by atoms with Gasteiger partial charge in [0.25, 0.3) is 0 Å². The van der Waals surface area contributed by atoms with Crippen molar-refractivity contribution in [2.75, 3.05) is 0 Å². The number of benzene rings is 1. The van der Waals surface area contributed by atoms with Crippen molar-refractivity contribution in [1.29, 1.82) is 0 Å². The molecule has 1 aromatic carbocycles. The third-order valence-corrected chi connectivity index (χ3v) is 2.59. The quantitative estimate of drug-likeness (QED) is 0.713. The summed E-state index contributed by atoms with van der Waals surface area (Å²) in [4.78, 5) is 4.10. The maximum Gasteiger partial charge on any atom is 0.132 e. The van der Waals surface area contributed by atoms with E-state index < -0.39 is 0 Å². The number of halogens is 2. The molecule has 0 spiro atoms. The van der Waals surface area contributed by atoms with Crippen molar-refractivity contribution in [2.45, 2.75) is 6.92 Å². The highest BCUT2D eigenvalue weighted by Gasteiger charge is 2.06. The molecule has 0 amide bonds. The number of nitrogens with zero attached hydrogens (tertiary/aromatic N) is 1. The van der Waals surface area contributed by atoms with Gasteiger partial charge in [-0.25, -0.2) is 4.39 Å². The topological polar surface area (TPSA) is 12.9 Å². The van der Waals surface area contributed by atoms with Gasteiger partial charge in [-0.1, -0.05) is 23.7 Å². The number of rotatable bonds is 1. The molecule has 2 aromatic rings. The fourth-order valence-electron chi connectivity index (χ4n) is 1.36. The average Bonchev–Trinajstić information content (AvgIpc) is 2.23. The monoisotopic (exact) mass is 221 g/mol. The van der Waals surface area contributed by atoms with Gasteiger partial charge in [-0.3, -0.25) is 4.98 Å². The number of pyridine rings is 1. The van der Waals surface area contributed by atoms with Crippen molar-refractivity contribution >= 4 is 11.6 Å². The molecule has 0 aliphatic heterocycles. The summed E-state index contributed by atoms with van der Waals surface area (Å²) < 4.78 is 13.4. The van der Waals surface area contributed by atoms with E-state index in [1.165, 1.54) is 6.07 Å². The molecular formula is C12H9ClFN. The van der Waals surface area contributed by atoms with Gasteiger partial charge in [0, 0.05) is 11.8 Å². The number of aryl methyl sites for hydroxylation is 1. The van der Waals surface area contributed by atoms with E-state index in [0.717, 1.165) is 5.56 Å². The Morgan fingerprint density at radius 3 is 2.67 bits per heavy atom. The lowest BCUT2D eigenvalue weighted by Gasteiger charge is -2.04. The highest BCUT2D eigenvalue weighted by atomic mass is 35.5. The highest BCUT2D eigenvalue weighted by molar-refractivity contribution is 6.31. The number of hydrogen-bond acceptors (Lipinski definition) is 1. The van der Waals surface area contributed by atoms with Gasteiger partial charge in [0.1, 0.15) is 5.82 Å². The Morgan fingerprint density at radius 2 is 2.00 bits per heavy atom. The van der Waals surface area contributed by atoms with E-state index in [2.05, 4.69) is 4.98 Å². The smallest absolute Gasteiger partial charge is 0.132 e. The second kappa shape index (κ2) is 3.99. The lowest BCUT2D eigenvalue weighted by atomic mass is 10.1. The van der Waals surface area contributed by atoms with Gasteiger partial charge in [0.2, 0.25) is 0 Å². The molecule has 76 valence electrons. The lowest BCUT2D eigenvalue weighted by molar-refractivity contribution is 0.630. The van der Waals surface area contributed by atoms with Crippen molar-refractivity contribution in [3.8, 4) is 11.3 Å². The van der Waals surface area contributed by atoms with Crippen LogP contribution in [0.3, 0.4) is 0 Å². The Balaban J connectivity index is 2.55. The van der Waals surface area contributed by atoms with Crippen LogP contribution in [0.5, 0.6) is 0 Å². The molecule has 15 heavy (non-hydrogen) atoms. The zero-order valence-corrected chi connectivity index (χ0v) is 8.92. The van der Waals surface area contributed by atoms with Crippen molar-refractivity contribution < 1.29 is 4.39 Å². The van der Waals surface area contributed by atoms with E-state index in [4.69, 9.17) is 11.6 Å². The van der Waals surface area contributed by atoms with Gasteiger partial charge in [-0.15, -0.1) is 0 Å². The summed E-state index contributed by atoms with van der Waals surface area (Å²) in [5, 5.41) is 0.593. The molecule has 0 saturated heterocycles. The first-order valence-corrected chi connectivity index (χ1v) is 4.93. The van der Waals surface area contributed by atoms with Crippen molar-refractivity contribution in [3.63, 3.8) is 0 Å². The van der Waals surface area contributed by atoms with Crippen molar-refractivity contribution in [2.24, 2.45) is 0 Å². The minimum absolute atomic E-state index is 0.272. The lowest BCUT2D eigenvalue weighted by Crippen LogP contribution is -1.88. The summed E-state index contributed by atoms with van der Waals surface area (Å²) in [5.41, 5.74) is 2.00. The van der Waals surface area contributed by atoms with E-state index in [9.17, 15) is 4.39 Å². The van der Waals surface area contributed by atoms with Gasteiger partial charge >= 0.3 is 0 Å². The van der Waals surface area contributed by atoms with Crippen LogP contribution in [-0.4, -0.2) is 4.98 Å². The van der Waals surface area contributed by atoms with Crippen molar-refractivity contribution in [1.82, 2.24) is 4.98 Å². The van der Waals surface area contributed by atoms with Crippen LogP contribution in [0.1, 0.15) is 5.56 Å². The van der Waals surface area contributed by atoms with Crippen LogP contribution in [0.15, 0.2) is 36.5 Å². The van der Waals surface area contributed by atoms with Crippen LogP contribution in [0.4, 0.5) is 4.39 Å². The molecular weight excluding hydrogens is 213 g/mol. The Bertz CT molecular complexity index is 497. The Labute approximate surface area is 92.5 Å². The predicted octanol–water partition coefficient (Wildman–Crippen LogP) is 3.85. The molecule has 3 heteroatoms. The molecule has 1 heterocycles. The third-order valence-electron chi connectivity index (χ3n) is 2.20. The van der Waals surface area contributed by atoms with Gasteiger partial charge in [-0.2, -0.15) is 0 Å². The van der Waals surface area contributed by atoms with Gasteiger partial charge in [0.15, 0.2) is 0 Å². The molecule has 1 nitrogen and oxygen atoms in total. The Hall–Kier alpha value is -1.41. The minimum atomic E-state index is -0.272. The summed E-state index contributed by atoms with van der Waals surface area (Å²) in [5.74, 6) is -0.272. The Morgan fingerprint density at radius 1 is 1.27 bits per heavy atom. The second-order valence-corrected chi connectivity index (χ2v) is 3.71. The first kappa shape index (κ1) is 10.1. The first-order chi connectivity index (χ1) is 7.18. The predicted molar refractivity (Wildman–Crippen MR) is 59.4 cm³/mol. The molecule has 0 aliphatic carbocycles. The fraction of sp³-hybridized carbons (Fsp3) is 0.0833. The third kappa shape index (κ3) is 2.00. The summed E-state index contributed by atoms with van der Waals surface area (Å²) in [6.07, 6.45) is 1.54. The standard InChI is InChI=1S/C12H9ClFN/c1-8-6-12(15-7-10(8)13)9-4-2-3-5-11(9)14/h2-7H,1H3. The molecule has 0 radical (unpaired) electrons. The number of aromatic nitrogens is 1. The fourth-order valence-corrected chi connectivity index (χ4v) is 1.46. The van der Waals surface area contributed by atoms with E-state index in [1.54, 1.807) is 30.5 Å².